The fraction of sp³-hybridized carbons (Fsp3) is 0.111. The average Bonchev–Trinajstić information content (AvgIpc) is 2.59. The predicted octanol–water partition coefficient (Wildman–Crippen LogP) is 2.78. The van der Waals surface area contributed by atoms with Gasteiger partial charge >= 0.3 is 5.97 Å². The molecule has 0 saturated heterocycles. The molecule has 118 valence electrons. The minimum Gasteiger partial charge on any atom is -0.468 e. The van der Waals surface area contributed by atoms with Crippen molar-refractivity contribution in [1.82, 2.24) is 5.32 Å². The molecule has 0 aromatic heterocycles. The Labute approximate surface area is 134 Å². The molecule has 0 atom stereocenters. The van der Waals surface area contributed by atoms with E-state index in [9.17, 15) is 9.59 Å². The summed E-state index contributed by atoms with van der Waals surface area (Å²) in [5.41, 5.74) is 0.812. The summed E-state index contributed by atoms with van der Waals surface area (Å²) in [4.78, 5) is 22.5. The summed E-state index contributed by atoms with van der Waals surface area (Å²) in [7, 11) is 1.27. The third-order valence-electron chi connectivity index (χ3n) is 2.90. The molecule has 5 nitrogen and oxygen atoms in total. The monoisotopic (exact) mass is 311 g/mol. The summed E-state index contributed by atoms with van der Waals surface area (Å²) in [5.74, 6) is 0.549. The smallest absolute Gasteiger partial charge is 0.325 e. The van der Waals surface area contributed by atoms with Gasteiger partial charge in [-0.25, -0.2) is 0 Å². The van der Waals surface area contributed by atoms with Crippen molar-refractivity contribution >= 4 is 18.0 Å². The van der Waals surface area contributed by atoms with Gasteiger partial charge in [-0.15, -0.1) is 0 Å². The Morgan fingerprint density at radius 1 is 1.04 bits per heavy atom. The SMILES string of the molecule is COC(=O)CNC(=O)/C=C/c1cccc(Oc2ccccc2)c1. The molecule has 0 fully saturated rings. The fourth-order valence-corrected chi connectivity index (χ4v) is 1.77. The van der Waals surface area contributed by atoms with E-state index in [1.807, 2.05) is 54.6 Å². The van der Waals surface area contributed by atoms with Crippen molar-refractivity contribution in [2.24, 2.45) is 0 Å². The van der Waals surface area contributed by atoms with Gasteiger partial charge in [-0.05, 0) is 35.9 Å². The van der Waals surface area contributed by atoms with Crippen LogP contribution in [0.2, 0.25) is 0 Å². The zero-order valence-electron chi connectivity index (χ0n) is 12.7. The minimum atomic E-state index is -0.495. The molecule has 0 spiro atoms. The quantitative estimate of drug-likeness (QED) is 0.658. The van der Waals surface area contributed by atoms with Gasteiger partial charge in [-0.2, -0.15) is 0 Å². The molecule has 1 N–H and O–H groups in total. The number of nitrogens with one attached hydrogen (secondary N) is 1. The molecule has 0 saturated carbocycles. The number of carbonyl (C=O) groups excluding carboxylic acids is 2. The fourth-order valence-electron chi connectivity index (χ4n) is 1.77. The molecule has 0 radical (unpaired) electrons. The first-order chi connectivity index (χ1) is 11.2. The lowest BCUT2D eigenvalue weighted by Crippen LogP contribution is -2.28. The first-order valence-electron chi connectivity index (χ1n) is 7.03. The summed E-state index contributed by atoms with van der Waals surface area (Å²) in [5, 5.41) is 2.43. The van der Waals surface area contributed by atoms with E-state index in [-0.39, 0.29) is 12.5 Å². The molecule has 0 aliphatic carbocycles. The third kappa shape index (κ3) is 5.67. The minimum absolute atomic E-state index is 0.156. The van der Waals surface area contributed by atoms with Crippen LogP contribution in [0, 0.1) is 0 Å². The summed E-state index contributed by atoms with van der Waals surface area (Å²) in [6.45, 7) is -0.156. The maximum absolute atomic E-state index is 11.6. The number of ether oxygens (including phenoxy) is 2. The molecular formula is C18H17NO4. The highest BCUT2D eigenvalue weighted by molar-refractivity contribution is 5.93. The van der Waals surface area contributed by atoms with Gasteiger partial charge in [0.15, 0.2) is 0 Å². The summed E-state index contributed by atoms with van der Waals surface area (Å²) < 4.78 is 10.2. The van der Waals surface area contributed by atoms with Crippen LogP contribution >= 0.6 is 0 Å². The lowest BCUT2D eigenvalue weighted by molar-refractivity contribution is -0.140. The predicted molar refractivity (Wildman–Crippen MR) is 87.0 cm³/mol. The van der Waals surface area contributed by atoms with Crippen LogP contribution in [-0.4, -0.2) is 25.5 Å². The van der Waals surface area contributed by atoms with Crippen LogP contribution in [0.15, 0.2) is 60.7 Å². The largest absolute Gasteiger partial charge is 0.468 e. The van der Waals surface area contributed by atoms with Crippen molar-refractivity contribution in [2.75, 3.05) is 13.7 Å². The Balaban J connectivity index is 1.95. The number of hydrogen-bond acceptors (Lipinski definition) is 4. The molecule has 1 amide bonds. The van der Waals surface area contributed by atoms with E-state index >= 15 is 0 Å². The van der Waals surface area contributed by atoms with Gasteiger partial charge in [0.1, 0.15) is 18.0 Å². The number of para-hydroxylation sites is 1. The second kappa shape index (κ2) is 8.38. The van der Waals surface area contributed by atoms with Crippen LogP contribution in [0.25, 0.3) is 6.08 Å². The maximum Gasteiger partial charge on any atom is 0.325 e. The maximum atomic E-state index is 11.6. The molecule has 23 heavy (non-hydrogen) atoms. The summed E-state index contributed by atoms with van der Waals surface area (Å²) >= 11 is 0. The van der Waals surface area contributed by atoms with Crippen LogP contribution in [0.1, 0.15) is 5.56 Å². The van der Waals surface area contributed by atoms with Gasteiger partial charge in [-0.3, -0.25) is 9.59 Å². The number of benzene rings is 2. The van der Waals surface area contributed by atoms with Crippen molar-refractivity contribution in [3.8, 4) is 11.5 Å². The Kier molecular flexibility index (Phi) is 5.94. The van der Waals surface area contributed by atoms with Crippen molar-refractivity contribution in [1.29, 1.82) is 0 Å². The average molecular weight is 311 g/mol. The lowest BCUT2D eigenvalue weighted by atomic mass is 10.2. The number of methoxy groups -OCH3 is 1. The molecule has 2 aromatic rings. The Hall–Kier alpha value is -3.08. The summed E-state index contributed by atoms with van der Waals surface area (Å²) in [6, 6.07) is 16.8. The van der Waals surface area contributed by atoms with Crippen molar-refractivity contribution in [3.05, 3.63) is 66.2 Å². The van der Waals surface area contributed by atoms with Crippen LogP contribution in [0.3, 0.4) is 0 Å². The van der Waals surface area contributed by atoms with Crippen molar-refractivity contribution in [3.63, 3.8) is 0 Å². The van der Waals surface area contributed by atoms with E-state index < -0.39 is 5.97 Å². The first kappa shape index (κ1) is 16.3. The molecule has 0 aliphatic rings. The number of esters is 1. The van der Waals surface area contributed by atoms with E-state index in [2.05, 4.69) is 10.1 Å². The van der Waals surface area contributed by atoms with Gasteiger partial charge < -0.3 is 14.8 Å². The Morgan fingerprint density at radius 2 is 1.78 bits per heavy atom. The van der Waals surface area contributed by atoms with Crippen molar-refractivity contribution < 1.29 is 19.1 Å². The van der Waals surface area contributed by atoms with Gasteiger partial charge in [0.05, 0.1) is 7.11 Å². The van der Waals surface area contributed by atoms with Gasteiger partial charge in [-0.1, -0.05) is 30.3 Å². The summed E-state index contributed by atoms with van der Waals surface area (Å²) in [6.07, 6.45) is 3.00. The topological polar surface area (TPSA) is 64.6 Å². The highest BCUT2D eigenvalue weighted by Crippen LogP contribution is 2.22. The molecule has 0 unspecified atom stereocenters. The number of amides is 1. The Bertz CT molecular complexity index is 695. The lowest BCUT2D eigenvalue weighted by Gasteiger charge is -2.06. The Morgan fingerprint density at radius 3 is 2.52 bits per heavy atom. The van der Waals surface area contributed by atoms with E-state index in [0.29, 0.717) is 5.75 Å². The van der Waals surface area contributed by atoms with Gasteiger partial charge in [0.2, 0.25) is 5.91 Å². The van der Waals surface area contributed by atoms with Crippen LogP contribution < -0.4 is 10.1 Å². The highest BCUT2D eigenvalue weighted by atomic mass is 16.5. The van der Waals surface area contributed by atoms with Crippen LogP contribution in [0.4, 0.5) is 0 Å². The molecule has 5 heteroatoms. The normalized spacial score (nSPS) is 10.3. The van der Waals surface area contributed by atoms with E-state index in [4.69, 9.17) is 4.74 Å². The van der Waals surface area contributed by atoms with Crippen molar-refractivity contribution in [2.45, 2.75) is 0 Å². The van der Waals surface area contributed by atoms with E-state index in [1.165, 1.54) is 13.2 Å². The highest BCUT2D eigenvalue weighted by Gasteiger charge is 2.02. The second-order valence-electron chi connectivity index (χ2n) is 4.61. The zero-order chi connectivity index (χ0) is 16.5. The van der Waals surface area contributed by atoms with Gasteiger partial charge in [0, 0.05) is 6.08 Å². The van der Waals surface area contributed by atoms with Crippen LogP contribution in [-0.2, 0) is 14.3 Å². The number of carbonyl (C=O) groups is 2. The van der Waals surface area contributed by atoms with Crippen LogP contribution in [0.5, 0.6) is 11.5 Å². The molecule has 2 rings (SSSR count). The van der Waals surface area contributed by atoms with E-state index in [0.717, 1.165) is 11.3 Å². The van der Waals surface area contributed by atoms with E-state index in [1.54, 1.807) is 6.08 Å². The number of hydrogen-bond donors (Lipinski definition) is 1. The molecular weight excluding hydrogens is 294 g/mol. The third-order valence-corrected chi connectivity index (χ3v) is 2.90. The van der Waals surface area contributed by atoms with Gasteiger partial charge in [0.25, 0.3) is 0 Å². The first-order valence-corrected chi connectivity index (χ1v) is 7.03. The zero-order valence-corrected chi connectivity index (χ0v) is 12.7. The standard InChI is InChI=1S/C18H17NO4/c1-22-18(21)13-19-17(20)11-10-14-6-5-9-16(12-14)23-15-7-3-2-4-8-15/h2-12H,13H2,1H3,(H,19,20)/b11-10+. The molecule has 2 aromatic carbocycles. The second-order valence-corrected chi connectivity index (χ2v) is 4.61. The number of rotatable bonds is 6. The molecule has 0 heterocycles. The molecule has 0 bridgehead atoms. The molecule has 0 aliphatic heterocycles.